The highest BCUT2D eigenvalue weighted by Gasteiger charge is 2.22. The van der Waals surface area contributed by atoms with E-state index < -0.39 is 21.7 Å². The number of ether oxygens (including phenoxy) is 2. The third-order valence-corrected chi connectivity index (χ3v) is 6.43. The number of carbonyl (C=O) groups is 1. The molecule has 4 rings (SSSR count). The first-order valence-electron chi connectivity index (χ1n) is 10.3. The van der Waals surface area contributed by atoms with E-state index in [-0.39, 0.29) is 22.0 Å². The first-order chi connectivity index (χ1) is 16.8. The fourth-order valence-corrected chi connectivity index (χ4v) is 4.55. The van der Waals surface area contributed by atoms with E-state index in [1.807, 2.05) is 0 Å². The van der Waals surface area contributed by atoms with Gasteiger partial charge in [0, 0.05) is 17.1 Å². The van der Waals surface area contributed by atoms with Gasteiger partial charge in [-0.2, -0.15) is 0 Å². The van der Waals surface area contributed by atoms with E-state index in [0.717, 1.165) is 0 Å². The molecule has 1 heterocycles. The number of nitrogens with zero attached hydrogens (tertiary/aromatic N) is 2. The van der Waals surface area contributed by atoms with Crippen molar-refractivity contribution in [3.8, 4) is 17.2 Å². The van der Waals surface area contributed by atoms with Crippen molar-refractivity contribution in [2.24, 2.45) is 0 Å². The van der Waals surface area contributed by atoms with Crippen LogP contribution in [0.2, 0.25) is 0 Å². The van der Waals surface area contributed by atoms with Crippen LogP contribution < -0.4 is 19.5 Å². The van der Waals surface area contributed by atoms with Gasteiger partial charge in [0.15, 0.2) is 0 Å². The molecule has 0 fully saturated rings. The van der Waals surface area contributed by atoms with Crippen molar-refractivity contribution < 1.29 is 27.1 Å². The maximum Gasteiger partial charge on any atom is 0.274 e. The molecule has 2 N–H and O–H groups in total. The Kier molecular flexibility index (Phi) is 6.69. The minimum atomic E-state index is -4.06. The smallest absolute Gasteiger partial charge is 0.274 e. The molecule has 0 radical (unpaired) electrons. The van der Waals surface area contributed by atoms with E-state index in [0.29, 0.717) is 17.1 Å². The Morgan fingerprint density at radius 3 is 2.29 bits per heavy atom. The van der Waals surface area contributed by atoms with Gasteiger partial charge < -0.3 is 14.8 Å². The van der Waals surface area contributed by atoms with Gasteiger partial charge in [-0.25, -0.2) is 17.8 Å². The Balaban J connectivity index is 1.60. The van der Waals surface area contributed by atoms with Gasteiger partial charge in [0.25, 0.3) is 15.9 Å². The van der Waals surface area contributed by atoms with Crippen LogP contribution in [0.3, 0.4) is 0 Å². The third kappa shape index (κ3) is 5.25. The number of hydrogen-bond acceptors (Lipinski definition) is 6. The van der Waals surface area contributed by atoms with Crippen molar-refractivity contribution in [2.75, 3.05) is 24.3 Å². The van der Waals surface area contributed by atoms with Gasteiger partial charge in [0.05, 0.1) is 26.7 Å². The number of rotatable bonds is 8. The SMILES string of the molecule is COc1ccc(NS(=O)(=O)c2cc(NC(=O)c3cncn3-c3ccc(F)cc3)ccc2OC)cc1. The summed E-state index contributed by atoms with van der Waals surface area (Å²) in [5.41, 5.74) is 1.26. The lowest BCUT2D eigenvalue weighted by Crippen LogP contribution is -2.18. The van der Waals surface area contributed by atoms with E-state index in [9.17, 15) is 17.6 Å². The van der Waals surface area contributed by atoms with Gasteiger partial charge in [0.2, 0.25) is 0 Å². The standard InChI is InChI=1S/C24H21FN4O5S/c1-33-20-10-5-17(6-11-20)28-35(31,32)23-13-18(7-12-22(23)34-2)27-24(30)21-14-26-15-29(21)19-8-3-16(25)4-9-19/h3-15,28H,1-2H3,(H,27,30). The summed E-state index contributed by atoms with van der Waals surface area (Å²) in [5, 5.41) is 2.67. The van der Waals surface area contributed by atoms with Crippen LogP contribution in [-0.4, -0.2) is 38.1 Å². The van der Waals surface area contributed by atoms with Gasteiger partial charge in [-0.1, -0.05) is 0 Å². The molecule has 0 aliphatic heterocycles. The molecular formula is C24H21FN4O5S. The molecule has 1 aromatic heterocycles. The van der Waals surface area contributed by atoms with Crippen molar-refractivity contribution in [2.45, 2.75) is 4.90 Å². The lowest BCUT2D eigenvalue weighted by Gasteiger charge is -2.14. The predicted octanol–water partition coefficient (Wildman–Crippen LogP) is 4.08. The van der Waals surface area contributed by atoms with E-state index in [4.69, 9.17) is 9.47 Å². The van der Waals surface area contributed by atoms with Crippen LogP contribution in [0.5, 0.6) is 11.5 Å². The summed E-state index contributed by atoms with van der Waals surface area (Å²) >= 11 is 0. The molecule has 1 amide bonds. The number of methoxy groups -OCH3 is 2. The highest BCUT2D eigenvalue weighted by molar-refractivity contribution is 7.92. The molecular weight excluding hydrogens is 475 g/mol. The largest absolute Gasteiger partial charge is 0.497 e. The second kappa shape index (κ2) is 9.85. The lowest BCUT2D eigenvalue weighted by atomic mass is 10.2. The number of halogens is 1. The number of imidazole rings is 1. The highest BCUT2D eigenvalue weighted by Crippen LogP contribution is 2.29. The van der Waals surface area contributed by atoms with Crippen LogP contribution in [0.1, 0.15) is 10.5 Å². The molecule has 3 aromatic carbocycles. The van der Waals surface area contributed by atoms with Gasteiger partial charge in [-0.05, 0) is 66.7 Å². The molecule has 0 aliphatic rings. The van der Waals surface area contributed by atoms with Crippen molar-refractivity contribution >= 4 is 27.3 Å². The predicted molar refractivity (Wildman–Crippen MR) is 128 cm³/mol. The fraction of sp³-hybridized carbons (Fsp3) is 0.0833. The van der Waals surface area contributed by atoms with Crippen LogP contribution in [0.4, 0.5) is 15.8 Å². The van der Waals surface area contributed by atoms with Crippen LogP contribution in [0.15, 0.2) is 84.1 Å². The molecule has 35 heavy (non-hydrogen) atoms. The molecule has 11 heteroatoms. The number of anilines is 2. The summed E-state index contributed by atoms with van der Waals surface area (Å²) in [6, 6.07) is 16.2. The van der Waals surface area contributed by atoms with Crippen molar-refractivity contribution in [1.29, 1.82) is 0 Å². The number of carbonyl (C=O) groups excluding carboxylic acids is 1. The van der Waals surface area contributed by atoms with Gasteiger partial charge in [0.1, 0.15) is 27.9 Å². The Bertz CT molecular complexity index is 1450. The van der Waals surface area contributed by atoms with Crippen LogP contribution >= 0.6 is 0 Å². The first-order valence-corrected chi connectivity index (χ1v) is 11.7. The normalized spacial score (nSPS) is 11.1. The zero-order valence-corrected chi connectivity index (χ0v) is 19.5. The number of amides is 1. The van der Waals surface area contributed by atoms with Crippen LogP contribution in [0, 0.1) is 5.82 Å². The molecule has 0 unspecified atom stereocenters. The summed E-state index contributed by atoms with van der Waals surface area (Å²) < 4.78 is 53.7. The van der Waals surface area contributed by atoms with Gasteiger partial charge >= 0.3 is 0 Å². The van der Waals surface area contributed by atoms with Crippen LogP contribution in [-0.2, 0) is 10.0 Å². The second-order valence-electron chi connectivity index (χ2n) is 7.28. The number of sulfonamides is 1. The van der Waals surface area contributed by atoms with Crippen molar-refractivity contribution in [3.63, 3.8) is 0 Å². The summed E-state index contributed by atoms with van der Waals surface area (Å²) in [4.78, 5) is 16.8. The number of aromatic nitrogens is 2. The molecule has 9 nitrogen and oxygen atoms in total. The summed E-state index contributed by atoms with van der Waals surface area (Å²) in [5.74, 6) is -0.269. The fourth-order valence-electron chi connectivity index (χ4n) is 3.30. The van der Waals surface area contributed by atoms with E-state index in [1.165, 1.54) is 73.8 Å². The number of benzene rings is 3. The summed E-state index contributed by atoms with van der Waals surface area (Å²) in [6.45, 7) is 0. The average Bonchev–Trinajstić information content (AvgIpc) is 3.35. The number of hydrogen-bond donors (Lipinski definition) is 2. The van der Waals surface area contributed by atoms with E-state index in [2.05, 4.69) is 15.0 Å². The minimum absolute atomic E-state index is 0.0976. The van der Waals surface area contributed by atoms with Gasteiger partial charge in [-0.15, -0.1) is 0 Å². The Morgan fingerprint density at radius 2 is 1.63 bits per heavy atom. The van der Waals surface area contributed by atoms with Crippen molar-refractivity contribution in [3.05, 3.63) is 90.8 Å². The summed E-state index contributed by atoms with van der Waals surface area (Å²) in [7, 11) is -1.20. The molecule has 4 aromatic rings. The maximum absolute atomic E-state index is 13.3. The molecule has 0 bridgehead atoms. The second-order valence-corrected chi connectivity index (χ2v) is 8.93. The van der Waals surface area contributed by atoms with E-state index in [1.54, 1.807) is 24.3 Å². The third-order valence-electron chi connectivity index (χ3n) is 5.03. The Hall–Kier alpha value is -4.38. The van der Waals surface area contributed by atoms with Crippen LogP contribution in [0.25, 0.3) is 5.69 Å². The van der Waals surface area contributed by atoms with Crippen molar-refractivity contribution in [1.82, 2.24) is 9.55 Å². The minimum Gasteiger partial charge on any atom is -0.497 e. The van der Waals surface area contributed by atoms with E-state index >= 15 is 0 Å². The number of nitrogens with one attached hydrogen (secondary N) is 2. The van der Waals surface area contributed by atoms with Gasteiger partial charge in [-0.3, -0.25) is 14.1 Å². The molecule has 180 valence electrons. The molecule has 0 saturated carbocycles. The molecule has 0 saturated heterocycles. The monoisotopic (exact) mass is 496 g/mol. The average molecular weight is 497 g/mol. The Morgan fingerprint density at radius 1 is 0.943 bits per heavy atom. The molecule has 0 spiro atoms. The summed E-state index contributed by atoms with van der Waals surface area (Å²) in [6.07, 6.45) is 2.77. The quantitative estimate of drug-likeness (QED) is 0.380. The molecule has 0 atom stereocenters. The lowest BCUT2D eigenvalue weighted by molar-refractivity contribution is 0.102. The zero-order chi connectivity index (χ0) is 25.0. The molecule has 0 aliphatic carbocycles. The Labute approximate surface area is 201 Å². The topological polar surface area (TPSA) is 112 Å². The zero-order valence-electron chi connectivity index (χ0n) is 18.7. The first kappa shape index (κ1) is 23.8. The maximum atomic E-state index is 13.3. The highest BCUT2D eigenvalue weighted by atomic mass is 32.2.